The summed E-state index contributed by atoms with van der Waals surface area (Å²) >= 11 is 0. The molecule has 1 aromatic heterocycles. The second-order valence-electron chi connectivity index (χ2n) is 4.26. The normalized spacial score (nSPS) is 12.2. The van der Waals surface area contributed by atoms with Gasteiger partial charge in [0.1, 0.15) is 4.90 Å². The van der Waals surface area contributed by atoms with Crippen LogP contribution in [-0.2, 0) is 16.6 Å². The van der Waals surface area contributed by atoms with Crippen molar-refractivity contribution in [1.82, 2.24) is 14.5 Å². The molecule has 0 spiro atoms. The predicted octanol–water partition coefficient (Wildman–Crippen LogP) is 0.200. The molecule has 0 amide bonds. The van der Waals surface area contributed by atoms with Gasteiger partial charge in [0.15, 0.2) is 0 Å². The third-order valence-corrected chi connectivity index (χ3v) is 3.52. The first-order valence-electron chi connectivity index (χ1n) is 5.58. The molecule has 0 unspecified atom stereocenters. The Hall–Kier alpha value is -0.920. The van der Waals surface area contributed by atoms with Crippen LogP contribution >= 0.6 is 0 Å². The van der Waals surface area contributed by atoms with Crippen molar-refractivity contribution in [2.45, 2.75) is 31.7 Å². The van der Waals surface area contributed by atoms with Crippen LogP contribution in [0.3, 0.4) is 0 Å². The van der Waals surface area contributed by atoms with E-state index in [9.17, 15) is 8.42 Å². The lowest BCUT2D eigenvalue weighted by Crippen LogP contribution is -2.27. The molecule has 6 nitrogen and oxygen atoms in total. The van der Waals surface area contributed by atoms with Crippen LogP contribution in [0.4, 0.5) is 0 Å². The van der Waals surface area contributed by atoms with Crippen LogP contribution in [0, 0.1) is 5.92 Å². The molecular weight excluding hydrogens is 242 g/mol. The van der Waals surface area contributed by atoms with Gasteiger partial charge >= 0.3 is 0 Å². The maximum atomic E-state index is 11.8. The Kier molecular flexibility index (Phi) is 5.10. The Morgan fingerprint density at radius 1 is 1.53 bits per heavy atom. The molecule has 98 valence electrons. The molecule has 1 heterocycles. The molecule has 0 fully saturated rings. The number of aryl methyl sites for hydroxylation is 1. The number of nitrogens with zero attached hydrogens (tertiary/aromatic N) is 2. The first-order valence-corrected chi connectivity index (χ1v) is 7.07. The Morgan fingerprint density at radius 3 is 2.82 bits per heavy atom. The van der Waals surface area contributed by atoms with Crippen LogP contribution in [0.2, 0.25) is 0 Å². The van der Waals surface area contributed by atoms with Crippen LogP contribution < -0.4 is 4.72 Å². The van der Waals surface area contributed by atoms with Crippen molar-refractivity contribution in [3.63, 3.8) is 0 Å². The van der Waals surface area contributed by atoms with Gasteiger partial charge in [-0.05, 0) is 12.3 Å². The fraction of sp³-hybridized carbons (Fsp3) is 0.700. The molecular formula is C10H19N3O3S. The van der Waals surface area contributed by atoms with Crippen LogP contribution in [0.1, 0.15) is 20.3 Å². The van der Waals surface area contributed by atoms with Gasteiger partial charge < -0.3 is 5.11 Å². The number of sulfonamides is 1. The van der Waals surface area contributed by atoms with Gasteiger partial charge in [0.25, 0.3) is 0 Å². The zero-order valence-corrected chi connectivity index (χ0v) is 10.9. The standard InChI is InChI=1S/C10H19N3O3S/c1-9(2)6-12-17(15,16)10-7-11-13(8-10)4-3-5-14/h7-9,12,14H,3-6H2,1-2H3. The molecule has 0 atom stereocenters. The SMILES string of the molecule is CC(C)CNS(=O)(=O)c1cnn(CCCO)c1. The number of hydrogen-bond acceptors (Lipinski definition) is 4. The van der Waals surface area contributed by atoms with Gasteiger partial charge in [-0.2, -0.15) is 5.10 Å². The molecule has 1 aromatic rings. The van der Waals surface area contributed by atoms with E-state index in [-0.39, 0.29) is 17.4 Å². The molecule has 0 aliphatic heterocycles. The van der Waals surface area contributed by atoms with Crippen molar-refractivity contribution in [2.24, 2.45) is 5.92 Å². The molecule has 0 bridgehead atoms. The van der Waals surface area contributed by atoms with E-state index < -0.39 is 10.0 Å². The minimum Gasteiger partial charge on any atom is -0.396 e. The summed E-state index contributed by atoms with van der Waals surface area (Å²) in [6.07, 6.45) is 3.35. The Morgan fingerprint density at radius 2 is 2.24 bits per heavy atom. The summed E-state index contributed by atoms with van der Waals surface area (Å²) in [6, 6.07) is 0. The van der Waals surface area contributed by atoms with Crippen molar-refractivity contribution < 1.29 is 13.5 Å². The van der Waals surface area contributed by atoms with Crippen molar-refractivity contribution in [1.29, 1.82) is 0 Å². The maximum Gasteiger partial charge on any atom is 0.243 e. The highest BCUT2D eigenvalue weighted by atomic mass is 32.2. The summed E-state index contributed by atoms with van der Waals surface area (Å²) in [4.78, 5) is 0.163. The highest BCUT2D eigenvalue weighted by Crippen LogP contribution is 2.07. The third kappa shape index (κ3) is 4.45. The van der Waals surface area contributed by atoms with Gasteiger partial charge in [-0.1, -0.05) is 13.8 Å². The van der Waals surface area contributed by atoms with E-state index in [1.165, 1.54) is 17.1 Å². The average molecular weight is 261 g/mol. The molecule has 2 N–H and O–H groups in total. The van der Waals surface area contributed by atoms with E-state index in [1.807, 2.05) is 13.8 Å². The summed E-state index contributed by atoms with van der Waals surface area (Å²) in [6.45, 7) is 4.86. The van der Waals surface area contributed by atoms with E-state index in [0.717, 1.165) is 0 Å². The van der Waals surface area contributed by atoms with Crippen LogP contribution in [0.25, 0.3) is 0 Å². The fourth-order valence-corrected chi connectivity index (χ4v) is 2.36. The Labute approximate surface area is 102 Å². The minimum atomic E-state index is -3.46. The summed E-state index contributed by atoms with van der Waals surface area (Å²) in [7, 11) is -3.46. The number of hydrogen-bond donors (Lipinski definition) is 2. The van der Waals surface area contributed by atoms with Gasteiger partial charge in [0.2, 0.25) is 10.0 Å². The van der Waals surface area contributed by atoms with Crippen LogP contribution in [0.15, 0.2) is 17.3 Å². The first-order chi connectivity index (χ1) is 7.95. The van der Waals surface area contributed by atoms with Gasteiger partial charge in [0.05, 0.1) is 6.20 Å². The van der Waals surface area contributed by atoms with E-state index in [0.29, 0.717) is 19.5 Å². The molecule has 1 rings (SSSR count). The lowest BCUT2D eigenvalue weighted by Gasteiger charge is -2.06. The maximum absolute atomic E-state index is 11.8. The van der Waals surface area contributed by atoms with Gasteiger partial charge in [0, 0.05) is 25.9 Å². The quantitative estimate of drug-likeness (QED) is 0.734. The molecule has 0 saturated heterocycles. The second-order valence-corrected chi connectivity index (χ2v) is 6.03. The average Bonchev–Trinajstić information content (AvgIpc) is 2.73. The lowest BCUT2D eigenvalue weighted by atomic mass is 10.2. The molecule has 0 aliphatic rings. The number of rotatable bonds is 7. The molecule has 0 aromatic carbocycles. The van der Waals surface area contributed by atoms with Crippen molar-refractivity contribution >= 4 is 10.0 Å². The minimum absolute atomic E-state index is 0.0630. The highest BCUT2D eigenvalue weighted by Gasteiger charge is 2.16. The summed E-state index contributed by atoms with van der Waals surface area (Å²) in [5.74, 6) is 0.259. The monoisotopic (exact) mass is 261 g/mol. The number of aliphatic hydroxyl groups excluding tert-OH is 1. The molecule has 0 aliphatic carbocycles. The van der Waals surface area contributed by atoms with Crippen LogP contribution in [-0.4, -0.2) is 36.5 Å². The number of nitrogens with one attached hydrogen (secondary N) is 1. The van der Waals surface area contributed by atoms with Gasteiger partial charge in [-0.25, -0.2) is 13.1 Å². The summed E-state index contributed by atoms with van der Waals surface area (Å²) in [5, 5.41) is 12.6. The molecule has 7 heteroatoms. The summed E-state index contributed by atoms with van der Waals surface area (Å²) < 4.78 is 27.6. The van der Waals surface area contributed by atoms with Crippen molar-refractivity contribution in [2.75, 3.05) is 13.2 Å². The topological polar surface area (TPSA) is 84.2 Å². The zero-order valence-electron chi connectivity index (χ0n) is 10.1. The smallest absolute Gasteiger partial charge is 0.243 e. The van der Waals surface area contributed by atoms with E-state index >= 15 is 0 Å². The first kappa shape index (κ1) is 14.1. The largest absolute Gasteiger partial charge is 0.396 e. The number of aromatic nitrogens is 2. The Balaban J connectivity index is 2.68. The van der Waals surface area contributed by atoms with E-state index in [4.69, 9.17) is 5.11 Å². The molecule has 0 saturated carbocycles. The van der Waals surface area contributed by atoms with E-state index in [2.05, 4.69) is 9.82 Å². The Bertz CT molecular complexity index is 439. The lowest BCUT2D eigenvalue weighted by molar-refractivity contribution is 0.277. The molecule has 17 heavy (non-hydrogen) atoms. The zero-order chi connectivity index (χ0) is 12.9. The van der Waals surface area contributed by atoms with Crippen molar-refractivity contribution in [3.05, 3.63) is 12.4 Å². The number of aliphatic hydroxyl groups is 1. The third-order valence-electron chi connectivity index (χ3n) is 2.15. The fourth-order valence-electron chi connectivity index (χ4n) is 1.20. The predicted molar refractivity (Wildman–Crippen MR) is 64.0 cm³/mol. The van der Waals surface area contributed by atoms with Crippen molar-refractivity contribution in [3.8, 4) is 0 Å². The van der Waals surface area contributed by atoms with Gasteiger partial charge in [-0.15, -0.1) is 0 Å². The van der Waals surface area contributed by atoms with E-state index in [1.54, 1.807) is 0 Å². The van der Waals surface area contributed by atoms with Crippen LogP contribution in [0.5, 0.6) is 0 Å². The molecule has 0 radical (unpaired) electrons. The van der Waals surface area contributed by atoms with Gasteiger partial charge in [-0.3, -0.25) is 4.68 Å². The second kappa shape index (κ2) is 6.13. The highest BCUT2D eigenvalue weighted by molar-refractivity contribution is 7.89. The summed E-state index contributed by atoms with van der Waals surface area (Å²) in [5.41, 5.74) is 0.